The fraction of sp³-hybridized carbons (Fsp3) is 0.375. The monoisotopic (exact) mass is 391 g/mol. The molecule has 152 valence electrons. The minimum Gasteiger partial charge on any atom is -0.339 e. The minimum atomic E-state index is -0.0626. The highest BCUT2D eigenvalue weighted by Gasteiger charge is 2.11. The number of aryl methyl sites for hydroxylation is 2. The zero-order chi connectivity index (χ0) is 20.6. The molecular formula is C24H29N3O2. The van der Waals surface area contributed by atoms with Crippen LogP contribution in [0, 0.1) is 0 Å². The fourth-order valence-corrected chi connectivity index (χ4v) is 3.07. The molecule has 5 nitrogen and oxygen atoms in total. The van der Waals surface area contributed by atoms with Crippen LogP contribution in [0.4, 0.5) is 5.69 Å². The average Bonchev–Trinajstić information content (AvgIpc) is 3.21. The lowest BCUT2D eigenvalue weighted by molar-refractivity contribution is -0.116. The Labute approximate surface area is 172 Å². The summed E-state index contributed by atoms with van der Waals surface area (Å²) in [6.07, 6.45) is 4.15. The van der Waals surface area contributed by atoms with Crippen molar-refractivity contribution in [1.82, 2.24) is 10.1 Å². The number of amides is 1. The molecule has 5 heteroatoms. The number of carbonyl (C=O) groups is 1. The Hall–Kier alpha value is -2.95. The number of benzene rings is 2. The molecule has 0 saturated heterocycles. The van der Waals surface area contributed by atoms with Gasteiger partial charge in [0.05, 0.1) is 0 Å². The second-order valence-corrected chi connectivity index (χ2v) is 7.64. The molecule has 0 saturated carbocycles. The number of carbonyl (C=O) groups excluding carboxylic acids is 1. The van der Waals surface area contributed by atoms with E-state index in [0.29, 0.717) is 30.5 Å². The van der Waals surface area contributed by atoms with E-state index in [1.807, 2.05) is 24.3 Å². The standard InChI is InChI=1S/C24H29N3O2/c1-4-5-6-18-7-13-21(14-8-18)25-22(28)15-16-23-26-24(27-29-23)20-11-9-19(10-12-20)17(2)3/h7-14,17H,4-6,15-16H2,1-3H3,(H,25,28). The van der Waals surface area contributed by atoms with Crippen molar-refractivity contribution in [3.63, 3.8) is 0 Å². The SMILES string of the molecule is CCCCc1ccc(NC(=O)CCc2nc(-c3ccc(C(C)C)cc3)no2)cc1. The summed E-state index contributed by atoms with van der Waals surface area (Å²) in [4.78, 5) is 16.6. The van der Waals surface area contributed by atoms with Gasteiger partial charge in [-0.3, -0.25) is 4.79 Å². The predicted octanol–water partition coefficient (Wildman–Crippen LogP) is 5.77. The van der Waals surface area contributed by atoms with Gasteiger partial charge in [-0.1, -0.05) is 68.7 Å². The van der Waals surface area contributed by atoms with E-state index in [0.717, 1.165) is 17.7 Å². The van der Waals surface area contributed by atoms with E-state index in [9.17, 15) is 4.79 Å². The summed E-state index contributed by atoms with van der Waals surface area (Å²) in [5, 5.41) is 6.96. The molecule has 0 radical (unpaired) electrons. The first-order chi connectivity index (χ1) is 14.0. The van der Waals surface area contributed by atoms with Gasteiger partial charge in [-0.15, -0.1) is 0 Å². The lowest BCUT2D eigenvalue weighted by Gasteiger charge is -2.06. The quantitative estimate of drug-likeness (QED) is 0.502. The number of aromatic nitrogens is 2. The Balaban J connectivity index is 1.50. The van der Waals surface area contributed by atoms with E-state index in [4.69, 9.17) is 4.52 Å². The molecule has 0 atom stereocenters. The lowest BCUT2D eigenvalue weighted by Crippen LogP contribution is -2.12. The Kier molecular flexibility index (Phi) is 7.17. The van der Waals surface area contributed by atoms with Gasteiger partial charge in [0.15, 0.2) is 0 Å². The summed E-state index contributed by atoms with van der Waals surface area (Å²) in [6, 6.07) is 16.2. The van der Waals surface area contributed by atoms with E-state index in [2.05, 4.69) is 60.5 Å². The Morgan fingerprint density at radius 2 is 1.76 bits per heavy atom. The van der Waals surface area contributed by atoms with Gasteiger partial charge in [-0.25, -0.2) is 0 Å². The van der Waals surface area contributed by atoms with Crippen LogP contribution in [0.5, 0.6) is 0 Å². The average molecular weight is 392 g/mol. The topological polar surface area (TPSA) is 68.0 Å². The number of hydrogen-bond acceptors (Lipinski definition) is 4. The summed E-state index contributed by atoms with van der Waals surface area (Å²) in [6.45, 7) is 6.50. The van der Waals surface area contributed by atoms with Crippen LogP contribution in [0.3, 0.4) is 0 Å². The zero-order valence-corrected chi connectivity index (χ0v) is 17.4. The second-order valence-electron chi connectivity index (χ2n) is 7.64. The molecule has 0 spiro atoms. The smallest absolute Gasteiger partial charge is 0.227 e. The summed E-state index contributed by atoms with van der Waals surface area (Å²) >= 11 is 0. The Morgan fingerprint density at radius 3 is 2.41 bits per heavy atom. The first-order valence-electron chi connectivity index (χ1n) is 10.4. The molecule has 1 heterocycles. The maximum absolute atomic E-state index is 12.2. The maximum Gasteiger partial charge on any atom is 0.227 e. The number of nitrogens with one attached hydrogen (secondary N) is 1. The summed E-state index contributed by atoms with van der Waals surface area (Å²) in [5.74, 6) is 1.44. The third-order valence-corrected chi connectivity index (χ3v) is 4.93. The van der Waals surface area contributed by atoms with Crippen molar-refractivity contribution in [3.8, 4) is 11.4 Å². The van der Waals surface area contributed by atoms with Crippen LogP contribution >= 0.6 is 0 Å². The van der Waals surface area contributed by atoms with Crippen molar-refractivity contribution >= 4 is 11.6 Å². The van der Waals surface area contributed by atoms with E-state index in [1.54, 1.807) is 0 Å². The van der Waals surface area contributed by atoms with Gasteiger partial charge in [0.25, 0.3) is 0 Å². The van der Waals surface area contributed by atoms with Crippen LogP contribution in [0.15, 0.2) is 53.1 Å². The molecule has 29 heavy (non-hydrogen) atoms. The van der Waals surface area contributed by atoms with Crippen molar-refractivity contribution in [2.24, 2.45) is 0 Å². The molecule has 0 aliphatic carbocycles. The van der Waals surface area contributed by atoms with E-state index < -0.39 is 0 Å². The van der Waals surface area contributed by atoms with Crippen molar-refractivity contribution in [2.75, 3.05) is 5.32 Å². The largest absolute Gasteiger partial charge is 0.339 e. The third kappa shape index (κ3) is 6.01. The van der Waals surface area contributed by atoms with Gasteiger partial charge < -0.3 is 9.84 Å². The van der Waals surface area contributed by atoms with Gasteiger partial charge in [0.1, 0.15) is 0 Å². The highest BCUT2D eigenvalue weighted by Crippen LogP contribution is 2.21. The highest BCUT2D eigenvalue weighted by atomic mass is 16.5. The van der Waals surface area contributed by atoms with E-state index in [-0.39, 0.29) is 5.91 Å². The molecular weight excluding hydrogens is 362 g/mol. The predicted molar refractivity (Wildman–Crippen MR) is 116 cm³/mol. The first-order valence-corrected chi connectivity index (χ1v) is 10.4. The molecule has 2 aromatic carbocycles. The van der Waals surface area contributed by atoms with Crippen LogP contribution in [-0.4, -0.2) is 16.0 Å². The molecule has 0 aliphatic heterocycles. The number of hydrogen-bond donors (Lipinski definition) is 1. The Morgan fingerprint density at radius 1 is 1.03 bits per heavy atom. The van der Waals surface area contributed by atoms with Gasteiger partial charge in [0.2, 0.25) is 17.6 Å². The summed E-state index contributed by atoms with van der Waals surface area (Å²) in [7, 11) is 0. The first kappa shape index (κ1) is 20.8. The molecule has 3 aromatic rings. The van der Waals surface area contributed by atoms with Gasteiger partial charge >= 0.3 is 0 Å². The van der Waals surface area contributed by atoms with Crippen LogP contribution in [0.25, 0.3) is 11.4 Å². The van der Waals surface area contributed by atoms with Crippen molar-refractivity contribution < 1.29 is 9.32 Å². The van der Waals surface area contributed by atoms with E-state index >= 15 is 0 Å². The van der Waals surface area contributed by atoms with Crippen molar-refractivity contribution in [2.45, 2.75) is 58.8 Å². The van der Waals surface area contributed by atoms with Gasteiger partial charge in [-0.05, 0) is 42.0 Å². The number of unbranched alkanes of at least 4 members (excludes halogenated alkanes) is 1. The van der Waals surface area contributed by atoms with Crippen molar-refractivity contribution in [1.29, 1.82) is 0 Å². The minimum absolute atomic E-state index is 0.0626. The molecule has 0 fully saturated rings. The highest BCUT2D eigenvalue weighted by molar-refractivity contribution is 5.90. The molecule has 1 N–H and O–H groups in total. The van der Waals surface area contributed by atoms with Crippen molar-refractivity contribution in [3.05, 3.63) is 65.5 Å². The summed E-state index contributed by atoms with van der Waals surface area (Å²) < 4.78 is 5.31. The zero-order valence-electron chi connectivity index (χ0n) is 17.4. The normalized spacial score (nSPS) is 11.0. The maximum atomic E-state index is 12.2. The van der Waals surface area contributed by atoms with Gasteiger partial charge in [-0.2, -0.15) is 4.98 Å². The Bertz CT molecular complexity index is 912. The molecule has 0 unspecified atom stereocenters. The number of anilines is 1. The van der Waals surface area contributed by atoms with Crippen LogP contribution in [0.1, 0.15) is 63.0 Å². The molecule has 1 amide bonds. The molecule has 0 bridgehead atoms. The number of rotatable bonds is 9. The molecule has 3 rings (SSSR count). The van der Waals surface area contributed by atoms with Gasteiger partial charge in [0, 0.05) is 24.1 Å². The summed E-state index contributed by atoms with van der Waals surface area (Å²) in [5.41, 5.74) is 4.29. The second kappa shape index (κ2) is 10.0. The molecule has 0 aliphatic rings. The van der Waals surface area contributed by atoms with Crippen LogP contribution in [-0.2, 0) is 17.6 Å². The third-order valence-electron chi connectivity index (χ3n) is 4.93. The lowest BCUT2D eigenvalue weighted by atomic mass is 10.0. The van der Waals surface area contributed by atoms with Crippen LogP contribution in [0.2, 0.25) is 0 Å². The van der Waals surface area contributed by atoms with Crippen LogP contribution < -0.4 is 5.32 Å². The number of nitrogens with zero attached hydrogens (tertiary/aromatic N) is 2. The molecule has 1 aromatic heterocycles. The fourth-order valence-electron chi connectivity index (χ4n) is 3.07. The van der Waals surface area contributed by atoms with E-state index in [1.165, 1.54) is 24.0 Å².